The summed E-state index contributed by atoms with van der Waals surface area (Å²) in [4.78, 5) is 15.6. The molecule has 1 aromatic rings. The summed E-state index contributed by atoms with van der Waals surface area (Å²) in [6.45, 7) is 5.59. The third-order valence-corrected chi connectivity index (χ3v) is 2.26. The molecule has 0 saturated carbocycles. The second-order valence-corrected chi connectivity index (χ2v) is 3.69. The first-order chi connectivity index (χ1) is 7.54. The summed E-state index contributed by atoms with van der Waals surface area (Å²) in [7, 11) is 0. The van der Waals surface area contributed by atoms with Crippen LogP contribution in [0.2, 0.25) is 0 Å². The van der Waals surface area contributed by atoms with E-state index in [1.54, 1.807) is 0 Å². The molecule has 1 unspecified atom stereocenters. The quantitative estimate of drug-likeness (QED) is 0.777. The molecule has 1 heterocycles. The van der Waals surface area contributed by atoms with Crippen molar-refractivity contribution in [3.8, 4) is 0 Å². The first kappa shape index (κ1) is 12.5. The minimum Gasteiger partial charge on any atom is -0.320 e. The number of nitrogens with zero attached hydrogens (tertiary/aromatic N) is 3. The number of nitrogens with two attached hydrogens (primary N) is 1. The van der Waals surface area contributed by atoms with Crippen molar-refractivity contribution in [2.75, 3.05) is 5.32 Å². The van der Waals surface area contributed by atoms with Crippen LogP contribution in [0.5, 0.6) is 0 Å². The second-order valence-electron chi connectivity index (χ2n) is 3.69. The highest BCUT2D eigenvalue weighted by Gasteiger charge is 2.14. The maximum Gasteiger partial charge on any atom is 0.249 e. The molecule has 1 atom stereocenters. The van der Waals surface area contributed by atoms with Crippen molar-refractivity contribution in [2.45, 2.75) is 39.7 Å². The minimum absolute atomic E-state index is 0.208. The molecule has 0 spiro atoms. The zero-order valence-electron chi connectivity index (χ0n) is 9.82. The minimum atomic E-state index is -0.518. The molecule has 6 heteroatoms. The average Bonchev–Trinajstić information content (AvgIpc) is 2.24. The summed E-state index contributed by atoms with van der Waals surface area (Å²) in [6.07, 6.45) is 1.50. The maximum atomic E-state index is 11.6. The van der Waals surface area contributed by atoms with E-state index >= 15 is 0 Å². The molecule has 0 aromatic carbocycles. The van der Waals surface area contributed by atoms with Crippen LogP contribution in [0.1, 0.15) is 31.2 Å². The van der Waals surface area contributed by atoms with E-state index in [1.807, 2.05) is 20.8 Å². The first-order valence-electron chi connectivity index (χ1n) is 5.29. The van der Waals surface area contributed by atoms with Gasteiger partial charge >= 0.3 is 0 Å². The molecular formula is C10H17N5O. The highest BCUT2D eigenvalue weighted by atomic mass is 16.2. The van der Waals surface area contributed by atoms with E-state index in [0.29, 0.717) is 6.42 Å². The maximum absolute atomic E-state index is 11.6. The molecule has 16 heavy (non-hydrogen) atoms. The molecule has 0 bridgehead atoms. The molecule has 0 saturated heterocycles. The van der Waals surface area contributed by atoms with E-state index in [0.717, 1.165) is 17.8 Å². The van der Waals surface area contributed by atoms with Gasteiger partial charge in [0.25, 0.3) is 0 Å². The van der Waals surface area contributed by atoms with Crippen LogP contribution in [0.25, 0.3) is 0 Å². The van der Waals surface area contributed by atoms with Gasteiger partial charge in [-0.2, -0.15) is 5.10 Å². The van der Waals surface area contributed by atoms with E-state index in [4.69, 9.17) is 5.73 Å². The lowest BCUT2D eigenvalue weighted by molar-refractivity contribution is -0.117. The number of rotatable bonds is 4. The molecule has 0 fully saturated rings. The number of hydrogen-bond donors (Lipinski definition) is 2. The monoisotopic (exact) mass is 223 g/mol. The number of carbonyl (C=O) groups is 1. The number of hydrogen-bond acceptors (Lipinski definition) is 5. The Morgan fingerprint density at radius 2 is 2.06 bits per heavy atom. The van der Waals surface area contributed by atoms with Gasteiger partial charge in [0.2, 0.25) is 11.9 Å². The van der Waals surface area contributed by atoms with Gasteiger partial charge < -0.3 is 5.73 Å². The molecule has 0 radical (unpaired) electrons. The smallest absolute Gasteiger partial charge is 0.249 e. The summed E-state index contributed by atoms with van der Waals surface area (Å²) in [5.74, 6) is -0.0634. The van der Waals surface area contributed by atoms with Gasteiger partial charge in [0, 0.05) is 0 Å². The van der Waals surface area contributed by atoms with Crippen LogP contribution in [0.3, 0.4) is 0 Å². The van der Waals surface area contributed by atoms with Gasteiger partial charge in [0.1, 0.15) is 0 Å². The molecule has 0 aliphatic heterocycles. The molecule has 1 amide bonds. The average molecular weight is 223 g/mol. The van der Waals surface area contributed by atoms with Crippen LogP contribution in [-0.4, -0.2) is 27.1 Å². The summed E-state index contributed by atoms with van der Waals surface area (Å²) in [5, 5.41) is 10.2. The van der Waals surface area contributed by atoms with Crippen LogP contribution < -0.4 is 11.1 Å². The third-order valence-electron chi connectivity index (χ3n) is 2.26. The Balaban J connectivity index is 2.66. The van der Waals surface area contributed by atoms with E-state index < -0.39 is 6.04 Å². The second kappa shape index (κ2) is 5.50. The zero-order chi connectivity index (χ0) is 12.1. The van der Waals surface area contributed by atoms with Crippen molar-refractivity contribution >= 4 is 11.9 Å². The van der Waals surface area contributed by atoms with Gasteiger partial charge in [0.15, 0.2) is 0 Å². The van der Waals surface area contributed by atoms with Crippen molar-refractivity contribution in [3.05, 3.63) is 11.4 Å². The Kier molecular flexibility index (Phi) is 4.30. The number of anilines is 1. The van der Waals surface area contributed by atoms with Gasteiger partial charge in [-0.05, 0) is 20.3 Å². The molecule has 88 valence electrons. The summed E-state index contributed by atoms with van der Waals surface area (Å²) in [5.41, 5.74) is 7.15. The predicted molar refractivity (Wildman–Crippen MR) is 60.8 cm³/mol. The molecule has 3 N–H and O–H groups in total. The van der Waals surface area contributed by atoms with Crippen molar-refractivity contribution in [3.63, 3.8) is 0 Å². The number of amides is 1. The molecule has 0 aliphatic carbocycles. The van der Waals surface area contributed by atoms with Crippen molar-refractivity contribution in [1.82, 2.24) is 15.2 Å². The Morgan fingerprint density at radius 1 is 1.38 bits per heavy atom. The highest BCUT2D eigenvalue weighted by molar-refractivity contribution is 5.93. The number of aryl methyl sites for hydroxylation is 2. The van der Waals surface area contributed by atoms with Gasteiger partial charge in [-0.3, -0.25) is 10.1 Å². The Hall–Kier alpha value is -1.56. The van der Waals surface area contributed by atoms with Gasteiger partial charge in [0.05, 0.1) is 17.4 Å². The Bertz CT molecular complexity index is 379. The summed E-state index contributed by atoms with van der Waals surface area (Å²) >= 11 is 0. The third kappa shape index (κ3) is 3.23. The zero-order valence-corrected chi connectivity index (χ0v) is 9.82. The van der Waals surface area contributed by atoms with Crippen molar-refractivity contribution in [1.29, 1.82) is 0 Å². The highest BCUT2D eigenvalue weighted by Crippen LogP contribution is 2.03. The molecule has 1 rings (SSSR count). The largest absolute Gasteiger partial charge is 0.320 e. The van der Waals surface area contributed by atoms with Crippen molar-refractivity contribution < 1.29 is 4.79 Å². The van der Waals surface area contributed by atoms with E-state index in [-0.39, 0.29) is 11.9 Å². The lowest BCUT2D eigenvalue weighted by Crippen LogP contribution is -2.36. The standard InChI is InChI=1S/C10H17N5O/c1-4-5-8(11)9(16)13-10-12-6(2)7(3)14-15-10/h8H,4-5,11H2,1-3H3,(H,12,13,15,16). The summed E-state index contributed by atoms with van der Waals surface area (Å²) < 4.78 is 0. The van der Waals surface area contributed by atoms with Crippen LogP contribution in [0, 0.1) is 13.8 Å². The van der Waals surface area contributed by atoms with Gasteiger partial charge in [-0.1, -0.05) is 13.3 Å². The lowest BCUT2D eigenvalue weighted by Gasteiger charge is -2.09. The first-order valence-corrected chi connectivity index (χ1v) is 5.29. The number of carbonyl (C=O) groups excluding carboxylic acids is 1. The molecular weight excluding hydrogens is 206 g/mol. The SMILES string of the molecule is CCCC(N)C(=O)Nc1nnc(C)c(C)n1. The lowest BCUT2D eigenvalue weighted by atomic mass is 10.2. The van der Waals surface area contributed by atoms with Gasteiger partial charge in [-0.25, -0.2) is 4.98 Å². The van der Waals surface area contributed by atoms with Gasteiger partial charge in [-0.15, -0.1) is 5.10 Å². The molecule has 0 aliphatic rings. The predicted octanol–water partition coefficient (Wildman–Crippen LogP) is 0.554. The fourth-order valence-electron chi connectivity index (χ4n) is 1.15. The van der Waals surface area contributed by atoms with Crippen LogP contribution >= 0.6 is 0 Å². The normalized spacial score (nSPS) is 12.2. The molecule has 6 nitrogen and oxygen atoms in total. The fourth-order valence-corrected chi connectivity index (χ4v) is 1.15. The Labute approximate surface area is 94.7 Å². The number of nitrogens with one attached hydrogen (secondary N) is 1. The summed E-state index contributed by atoms with van der Waals surface area (Å²) in [6, 6.07) is -0.518. The topological polar surface area (TPSA) is 93.8 Å². The molecule has 1 aromatic heterocycles. The van der Waals surface area contributed by atoms with E-state index in [1.165, 1.54) is 0 Å². The van der Waals surface area contributed by atoms with Crippen LogP contribution in [0.4, 0.5) is 5.95 Å². The van der Waals surface area contributed by atoms with E-state index in [2.05, 4.69) is 20.5 Å². The van der Waals surface area contributed by atoms with Crippen LogP contribution in [-0.2, 0) is 4.79 Å². The van der Waals surface area contributed by atoms with Crippen molar-refractivity contribution in [2.24, 2.45) is 5.73 Å². The fraction of sp³-hybridized carbons (Fsp3) is 0.600. The Morgan fingerprint density at radius 3 is 2.62 bits per heavy atom. The number of aromatic nitrogens is 3. The van der Waals surface area contributed by atoms with Crippen LogP contribution in [0.15, 0.2) is 0 Å². The van der Waals surface area contributed by atoms with E-state index in [9.17, 15) is 4.79 Å².